The monoisotopic (exact) mass is 182 g/mol. The van der Waals surface area contributed by atoms with Gasteiger partial charge in [-0.05, 0) is 6.92 Å². The second kappa shape index (κ2) is 3.25. The zero-order valence-corrected chi connectivity index (χ0v) is 6.98. The van der Waals surface area contributed by atoms with E-state index in [1.54, 1.807) is 0 Å². The van der Waals surface area contributed by atoms with Gasteiger partial charge in [-0.15, -0.1) is 0 Å². The molecule has 4 nitrogen and oxygen atoms in total. The van der Waals surface area contributed by atoms with Gasteiger partial charge < -0.3 is 14.3 Å². The van der Waals surface area contributed by atoms with Gasteiger partial charge in [0, 0.05) is 17.4 Å². The first-order valence-corrected chi connectivity index (χ1v) is 4.90. The highest BCUT2D eigenvalue weighted by molar-refractivity contribution is 8.06. The third-order valence-electron chi connectivity index (χ3n) is 0.550. The van der Waals surface area contributed by atoms with E-state index in [4.69, 9.17) is 9.79 Å². The van der Waals surface area contributed by atoms with Crippen LogP contribution in [0.5, 0.6) is 0 Å². The molecule has 10 heavy (non-hydrogen) atoms. The van der Waals surface area contributed by atoms with E-state index >= 15 is 0 Å². The summed E-state index contributed by atoms with van der Waals surface area (Å²) in [5.41, 5.74) is 0.0809. The molecule has 0 aliphatic carbocycles. The van der Waals surface area contributed by atoms with Gasteiger partial charge in [0.05, 0.1) is 0 Å². The molecule has 0 spiro atoms. The first-order chi connectivity index (χ1) is 4.33. The van der Waals surface area contributed by atoms with Gasteiger partial charge in [-0.1, -0.05) is 6.58 Å². The molecule has 0 aromatic carbocycles. The molecule has 0 atom stereocenters. The number of hydrogen-bond acceptors (Lipinski definition) is 3. The van der Waals surface area contributed by atoms with Gasteiger partial charge in [0.2, 0.25) is 0 Å². The lowest BCUT2D eigenvalue weighted by Gasteiger charge is -2.06. The predicted molar refractivity (Wildman–Crippen MR) is 39.6 cm³/mol. The quantitative estimate of drug-likeness (QED) is 0.475. The van der Waals surface area contributed by atoms with Crippen molar-refractivity contribution in [3.63, 3.8) is 0 Å². The van der Waals surface area contributed by atoms with E-state index in [0.29, 0.717) is 0 Å². The van der Waals surface area contributed by atoms with Crippen LogP contribution in [0.15, 0.2) is 12.2 Å². The Labute approximate surface area is 63.4 Å². The van der Waals surface area contributed by atoms with Gasteiger partial charge in [-0.25, -0.2) is 4.79 Å². The fraction of sp³-hybridized carbons (Fsp3) is 0.250. The summed E-state index contributed by atoms with van der Waals surface area (Å²) >= 11 is 4.02. The van der Waals surface area contributed by atoms with Crippen LogP contribution in [0.4, 0.5) is 0 Å². The summed E-state index contributed by atoms with van der Waals surface area (Å²) in [6.45, 7) is 0.743. The molecule has 0 saturated heterocycles. The second-order valence-electron chi connectivity index (χ2n) is 1.65. The highest BCUT2D eigenvalue weighted by atomic mass is 32.5. The van der Waals surface area contributed by atoms with Crippen molar-refractivity contribution in [2.24, 2.45) is 0 Å². The minimum absolute atomic E-state index is 0.0809. The van der Waals surface area contributed by atoms with E-state index in [9.17, 15) is 4.79 Å². The van der Waals surface area contributed by atoms with Crippen molar-refractivity contribution in [1.29, 1.82) is 0 Å². The molecule has 0 heterocycles. The van der Waals surface area contributed by atoms with E-state index in [2.05, 4.69) is 22.9 Å². The van der Waals surface area contributed by atoms with Gasteiger partial charge in [0.25, 0.3) is 0 Å². The van der Waals surface area contributed by atoms with Gasteiger partial charge in [0.1, 0.15) is 0 Å². The molecule has 0 amide bonds. The molecule has 0 rings (SSSR count). The third-order valence-corrected chi connectivity index (χ3v) is 1.18. The number of carbonyl (C=O) groups is 1. The molecule has 0 radical (unpaired) electrons. The van der Waals surface area contributed by atoms with Crippen molar-refractivity contribution in [2.45, 2.75) is 6.92 Å². The zero-order valence-electron chi connectivity index (χ0n) is 5.27. The summed E-state index contributed by atoms with van der Waals surface area (Å²) in [4.78, 5) is 27.3. The molecule has 0 fully saturated rings. The topological polar surface area (TPSA) is 66.8 Å². The standard InChI is InChI=1S/C4H7O4PS/c1-3(2)4(5)8-9(6,7)10/h1H2,2H3,(H2,6,7,10). The van der Waals surface area contributed by atoms with E-state index in [0.717, 1.165) is 0 Å². The van der Waals surface area contributed by atoms with Crippen LogP contribution in [-0.2, 0) is 21.1 Å². The van der Waals surface area contributed by atoms with E-state index in [1.807, 2.05) is 0 Å². The fourth-order valence-electron chi connectivity index (χ4n) is 0.186. The third kappa shape index (κ3) is 4.64. The summed E-state index contributed by atoms with van der Waals surface area (Å²) in [6.07, 6.45) is 0. The van der Waals surface area contributed by atoms with Crippen LogP contribution in [0, 0.1) is 0 Å². The normalized spacial score (nSPS) is 10.7. The fourth-order valence-corrected chi connectivity index (χ4v) is 0.761. The summed E-state index contributed by atoms with van der Waals surface area (Å²) in [5, 5.41) is 0. The lowest BCUT2D eigenvalue weighted by Crippen LogP contribution is -2.01. The maximum absolute atomic E-state index is 10.5. The predicted octanol–water partition coefficient (Wildman–Crippen LogP) is 0.315. The van der Waals surface area contributed by atoms with Crippen LogP contribution in [0.3, 0.4) is 0 Å². The summed E-state index contributed by atoms with van der Waals surface area (Å²) < 4.78 is 4.00. The Morgan fingerprint density at radius 3 is 2.20 bits per heavy atom. The Balaban J connectivity index is 4.07. The Morgan fingerprint density at radius 1 is 1.70 bits per heavy atom. The van der Waals surface area contributed by atoms with Crippen LogP contribution in [0.25, 0.3) is 0 Å². The van der Waals surface area contributed by atoms with Crippen LogP contribution in [-0.4, -0.2) is 15.8 Å². The highest BCUT2D eigenvalue weighted by Crippen LogP contribution is 2.36. The molecule has 0 unspecified atom stereocenters. The SMILES string of the molecule is C=C(C)C(=O)OP(O)(O)=S. The maximum atomic E-state index is 10.5. The molecule has 0 aliphatic rings. The first-order valence-electron chi connectivity index (χ1n) is 2.28. The molecular weight excluding hydrogens is 175 g/mol. The zero-order chi connectivity index (χ0) is 8.36. The van der Waals surface area contributed by atoms with Crippen LogP contribution < -0.4 is 0 Å². The van der Waals surface area contributed by atoms with Gasteiger partial charge >= 0.3 is 12.7 Å². The van der Waals surface area contributed by atoms with Gasteiger partial charge in [0.15, 0.2) is 0 Å². The largest absolute Gasteiger partial charge is 0.388 e. The van der Waals surface area contributed by atoms with Crippen molar-refractivity contribution < 1.29 is 19.1 Å². The molecule has 6 heteroatoms. The minimum Gasteiger partial charge on any atom is -0.388 e. The molecule has 0 saturated carbocycles. The van der Waals surface area contributed by atoms with Crippen molar-refractivity contribution >= 4 is 24.5 Å². The van der Waals surface area contributed by atoms with Crippen LogP contribution >= 0.6 is 6.72 Å². The van der Waals surface area contributed by atoms with Crippen molar-refractivity contribution in [2.75, 3.05) is 0 Å². The number of carbonyl (C=O) groups excluding carboxylic acids is 1. The Bertz CT molecular complexity index is 205. The van der Waals surface area contributed by atoms with Crippen molar-refractivity contribution in [3.8, 4) is 0 Å². The smallest absolute Gasteiger partial charge is 0.377 e. The van der Waals surface area contributed by atoms with Crippen molar-refractivity contribution in [1.82, 2.24) is 0 Å². The molecule has 0 aliphatic heterocycles. The average Bonchev–Trinajstić information content (AvgIpc) is 1.60. The van der Waals surface area contributed by atoms with E-state index in [-0.39, 0.29) is 5.57 Å². The molecule has 58 valence electrons. The molecule has 0 aromatic heterocycles. The molecular formula is C4H7O4PS. The molecule has 0 aromatic rings. The summed E-state index contributed by atoms with van der Waals surface area (Å²) in [6, 6.07) is 0. The lowest BCUT2D eigenvalue weighted by molar-refractivity contribution is -0.130. The first kappa shape index (κ1) is 9.78. The van der Waals surface area contributed by atoms with Gasteiger partial charge in [-0.2, -0.15) is 0 Å². The Hall–Kier alpha value is -0.220. The Kier molecular flexibility index (Phi) is 3.18. The number of hydrogen-bond donors (Lipinski definition) is 2. The second-order valence-corrected chi connectivity index (χ2v) is 4.24. The minimum atomic E-state index is -3.85. The molecule has 2 N–H and O–H groups in total. The summed E-state index contributed by atoms with van der Waals surface area (Å²) in [7, 11) is 0. The highest BCUT2D eigenvalue weighted by Gasteiger charge is 2.14. The van der Waals surface area contributed by atoms with Crippen LogP contribution in [0.2, 0.25) is 0 Å². The average molecular weight is 182 g/mol. The van der Waals surface area contributed by atoms with E-state index < -0.39 is 12.7 Å². The van der Waals surface area contributed by atoms with Crippen LogP contribution in [0.1, 0.15) is 6.92 Å². The summed E-state index contributed by atoms with van der Waals surface area (Å²) in [5.74, 6) is -0.881. The van der Waals surface area contributed by atoms with E-state index in [1.165, 1.54) is 6.92 Å². The molecule has 0 bridgehead atoms. The lowest BCUT2D eigenvalue weighted by atomic mass is 10.4. The maximum Gasteiger partial charge on any atom is 0.377 e. The van der Waals surface area contributed by atoms with Gasteiger partial charge in [-0.3, -0.25) is 0 Å². The number of rotatable bonds is 2. The Morgan fingerprint density at radius 2 is 2.10 bits per heavy atom. The van der Waals surface area contributed by atoms with Crippen molar-refractivity contribution in [3.05, 3.63) is 12.2 Å².